The third kappa shape index (κ3) is 6.15. The van der Waals surface area contributed by atoms with Crippen LogP contribution in [0.15, 0.2) is 53.4 Å². The van der Waals surface area contributed by atoms with E-state index in [2.05, 4.69) is 5.32 Å². The number of hydrogen-bond acceptors (Lipinski definition) is 4. The first-order chi connectivity index (χ1) is 12.0. The molecule has 0 aromatic heterocycles. The summed E-state index contributed by atoms with van der Waals surface area (Å²) >= 11 is 1.67. The fourth-order valence-electron chi connectivity index (χ4n) is 2.10. The van der Waals surface area contributed by atoms with E-state index in [-0.39, 0.29) is 25.0 Å². The number of esters is 1. The number of amides is 2. The van der Waals surface area contributed by atoms with E-state index in [4.69, 9.17) is 4.74 Å². The summed E-state index contributed by atoms with van der Waals surface area (Å²) in [5.74, 6) is -0.301. The normalized spacial score (nSPS) is 10.2. The van der Waals surface area contributed by atoms with Crippen LogP contribution >= 0.6 is 11.8 Å². The van der Waals surface area contributed by atoms with Crippen LogP contribution in [0.3, 0.4) is 0 Å². The smallest absolute Gasteiger partial charge is 0.321 e. The number of benzene rings is 2. The molecular formula is C19H22N2O3S. The highest BCUT2D eigenvalue weighted by atomic mass is 32.2. The molecule has 0 radical (unpaired) electrons. The lowest BCUT2D eigenvalue weighted by molar-refractivity contribution is -0.144. The van der Waals surface area contributed by atoms with Gasteiger partial charge in [0.15, 0.2) is 0 Å². The second kappa shape index (κ2) is 9.13. The van der Waals surface area contributed by atoms with E-state index in [1.54, 1.807) is 44.1 Å². The van der Waals surface area contributed by atoms with Crippen molar-refractivity contribution in [3.8, 4) is 0 Å². The van der Waals surface area contributed by atoms with Gasteiger partial charge in [-0.2, -0.15) is 0 Å². The topological polar surface area (TPSA) is 58.6 Å². The predicted molar refractivity (Wildman–Crippen MR) is 101 cm³/mol. The fourth-order valence-corrected chi connectivity index (χ4v) is 2.51. The summed E-state index contributed by atoms with van der Waals surface area (Å²) in [5.41, 5.74) is 2.40. The van der Waals surface area contributed by atoms with Gasteiger partial charge in [-0.05, 0) is 41.6 Å². The molecule has 2 aromatic rings. The molecule has 0 unspecified atom stereocenters. The molecule has 0 saturated carbocycles. The van der Waals surface area contributed by atoms with Crippen LogP contribution < -0.4 is 5.32 Å². The van der Waals surface area contributed by atoms with Gasteiger partial charge in [0.2, 0.25) is 0 Å². The number of carbonyl (C=O) groups excluding carboxylic acids is 2. The summed E-state index contributed by atoms with van der Waals surface area (Å²) in [5, 5.41) is 2.76. The van der Waals surface area contributed by atoms with Gasteiger partial charge in [0, 0.05) is 24.7 Å². The average Bonchev–Trinajstić information content (AvgIpc) is 2.60. The minimum Gasteiger partial charge on any atom is -0.461 e. The summed E-state index contributed by atoms with van der Waals surface area (Å²) in [6, 6.07) is 14.9. The quantitative estimate of drug-likeness (QED) is 0.630. The van der Waals surface area contributed by atoms with Gasteiger partial charge in [-0.25, -0.2) is 4.79 Å². The van der Waals surface area contributed by atoms with Crippen LogP contribution in [0.25, 0.3) is 0 Å². The average molecular weight is 358 g/mol. The second-order valence-electron chi connectivity index (χ2n) is 5.71. The van der Waals surface area contributed by atoms with Crippen molar-refractivity contribution >= 4 is 29.4 Å². The van der Waals surface area contributed by atoms with Crippen molar-refractivity contribution in [1.29, 1.82) is 0 Å². The number of ether oxygens (including phenoxy) is 1. The standard InChI is InChI=1S/C19H22N2O3S/c1-21(2)19(23)20-16-6-4-5-15(11-16)12-18(22)24-13-14-7-9-17(25-3)10-8-14/h4-11H,12-13H2,1-3H3,(H,20,23). The molecular weight excluding hydrogens is 336 g/mol. The Balaban J connectivity index is 1.88. The third-order valence-electron chi connectivity index (χ3n) is 3.49. The number of hydrogen-bond donors (Lipinski definition) is 1. The zero-order valence-electron chi connectivity index (χ0n) is 14.6. The molecule has 6 heteroatoms. The predicted octanol–water partition coefficient (Wildman–Crippen LogP) is 3.79. The first kappa shape index (κ1) is 18.9. The van der Waals surface area contributed by atoms with Crippen molar-refractivity contribution in [3.05, 3.63) is 59.7 Å². The molecule has 0 heterocycles. The van der Waals surface area contributed by atoms with E-state index < -0.39 is 0 Å². The molecule has 132 valence electrons. The van der Waals surface area contributed by atoms with E-state index in [0.29, 0.717) is 5.69 Å². The van der Waals surface area contributed by atoms with Crippen LogP contribution in [0, 0.1) is 0 Å². The summed E-state index contributed by atoms with van der Waals surface area (Å²) in [4.78, 5) is 26.3. The lowest BCUT2D eigenvalue weighted by Crippen LogP contribution is -2.27. The first-order valence-corrected chi connectivity index (χ1v) is 9.06. The maximum absolute atomic E-state index is 12.0. The van der Waals surface area contributed by atoms with Gasteiger partial charge in [-0.3, -0.25) is 4.79 Å². The molecule has 25 heavy (non-hydrogen) atoms. The summed E-state index contributed by atoms with van der Waals surface area (Å²) in [7, 11) is 3.34. The van der Waals surface area contributed by atoms with Crippen LogP contribution in [-0.4, -0.2) is 37.3 Å². The van der Waals surface area contributed by atoms with E-state index in [1.807, 2.05) is 36.6 Å². The molecule has 0 atom stereocenters. The van der Waals surface area contributed by atoms with E-state index >= 15 is 0 Å². The molecule has 1 N–H and O–H groups in total. The highest BCUT2D eigenvalue weighted by Gasteiger charge is 2.08. The van der Waals surface area contributed by atoms with E-state index in [9.17, 15) is 9.59 Å². The minimum atomic E-state index is -0.301. The molecule has 0 bridgehead atoms. The molecule has 0 fully saturated rings. The number of nitrogens with one attached hydrogen (secondary N) is 1. The van der Waals surface area contributed by atoms with Crippen LogP contribution in [0.2, 0.25) is 0 Å². The van der Waals surface area contributed by atoms with Crippen molar-refractivity contribution in [2.24, 2.45) is 0 Å². The molecule has 2 aromatic carbocycles. The van der Waals surface area contributed by atoms with Crippen LogP contribution in [-0.2, 0) is 22.6 Å². The van der Waals surface area contributed by atoms with Crippen molar-refractivity contribution in [2.75, 3.05) is 25.7 Å². The Morgan fingerprint density at radius 2 is 1.80 bits per heavy atom. The zero-order chi connectivity index (χ0) is 18.2. The fraction of sp³-hybridized carbons (Fsp3) is 0.263. The van der Waals surface area contributed by atoms with Crippen molar-refractivity contribution in [3.63, 3.8) is 0 Å². The Hall–Kier alpha value is -2.47. The van der Waals surface area contributed by atoms with Crippen LogP contribution in [0.5, 0.6) is 0 Å². The lowest BCUT2D eigenvalue weighted by Gasteiger charge is -2.12. The Morgan fingerprint density at radius 1 is 1.08 bits per heavy atom. The largest absolute Gasteiger partial charge is 0.461 e. The number of carbonyl (C=O) groups is 2. The molecule has 2 amide bonds. The summed E-state index contributed by atoms with van der Waals surface area (Å²) in [6.07, 6.45) is 2.18. The monoisotopic (exact) mass is 358 g/mol. The highest BCUT2D eigenvalue weighted by Crippen LogP contribution is 2.16. The molecule has 0 aliphatic rings. The van der Waals surface area contributed by atoms with Gasteiger partial charge >= 0.3 is 12.0 Å². The molecule has 2 rings (SSSR count). The van der Waals surface area contributed by atoms with E-state index in [1.165, 1.54) is 9.80 Å². The van der Waals surface area contributed by atoms with Gasteiger partial charge in [-0.15, -0.1) is 11.8 Å². The zero-order valence-corrected chi connectivity index (χ0v) is 15.4. The highest BCUT2D eigenvalue weighted by molar-refractivity contribution is 7.98. The summed E-state index contributed by atoms with van der Waals surface area (Å²) < 4.78 is 5.32. The number of urea groups is 1. The molecule has 0 aliphatic carbocycles. The molecule has 0 spiro atoms. The van der Waals surface area contributed by atoms with Gasteiger partial charge in [0.1, 0.15) is 6.61 Å². The Morgan fingerprint density at radius 3 is 2.44 bits per heavy atom. The second-order valence-corrected chi connectivity index (χ2v) is 6.59. The number of anilines is 1. The number of rotatable bonds is 6. The van der Waals surface area contributed by atoms with Gasteiger partial charge in [0.05, 0.1) is 6.42 Å². The van der Waals surface area contributed by atoms with Crippen molar-refractivity contribution < 1.29 is 14.3 Å². The van der Waals surface area contributed by atoms with Crippen LogP contribution in [0.1, 0.15) is 11.1 Å². The van der Waals surface area contributed by atoms with Gasteiger partial charge in [-0.1, -0.05) is 24.3 Å². The first-order valence-electron chi connectivity index (χ1n) is 7.83. The molecule has 0 aliphatic heterocycles. The Bertz CT molecular complexity index is 730. The maximum atomic E-state index is 12.0. The Labute approximate surface area is 152 Å². The number of nitrogens with zero attached hydrogens (tertiary/aromatic N) is 1. The maximum Gasteiger partial charge on any atom is 0.321 e. The SMILES string of the molecule is CSc1ccc(COC(=O)Cc2cccc(NC(=O)N(C)C)c2)cc1. The van der Waals surface area contributed by atoms with Gasteiger partial charge < -0.3 is 15.0 Å². The minimum absolute atomic E-state index is 0.161. The molecule has 0 saturated heterocycles. The Kier molecular flexibility index (Phi) is 6.89. The van der Waals surface area contributed by atoms with Gasteiger partial charge in [0.25, 0.3) is 0 Å². The van der Waals surface area contributed by atoms with E-state index in [0.717, 1.165) is 11.1 Å². The summed E-state index contributed by atoms with van der Waals surface area (Å²) in [6.45, 7) is 0.255. The van der Waals surface area contributed by atoms with Crippen LogP contribution in [0.4, 0.5) is 10.5 Å². The number of thioether (sulfide) groups is 1. The third-order valence-corrected chi connectivity index (χ3v) is 4.24. The lowest BCUT2D eigenvalue weighted by atomic mass is 10.1. The van der Waals surface area contributed by atoms with Crippen molar-refractivity contribution in [1.82, 2.24) is 4.90 Å². The molecule has 5 nitrogen and oxygen atoms in total. The van der Waals surface area contributed by atoms with Crippen molar-refractivity contribution in [2.45, 2.75) is 17.9 Å².